The van der Waals surface area contributed by atoms with Crippen LogP contribution in [0.15, 0.2) is 48.5 Å². The van der Waals surface area contributed by atoms with Crippen LogP contribution in [-0.2, 0) is 9.59 Å². The Morgan fingerprint density at radius 2 is 1.75 bits per heavy atom. The van der Waals surface area contributed by atoms with Crippen molar-refractivity contribution >= 4 is 23.2 Å². The van der Waals surface area contributed by atoms with Crippen LogP contribution in [0, 0.1) is 6.92 Å². The van der Waals surface area contributed by atoms with Crippen LogP contribution in [0.5, 0.6) is 5.75 Å². The highest BCUT2D eigenvalue weighted by Crippen LogP contribution is 2.23. The molecule has 2 aromatic carbocycles. The largest absolute Gasteiger partial charge is 0.495 e. The molecule has 5 heteroatoms. The standard InChI is InChI=1S/C19H22N2O3/c1-14-8-10-16(11-9-14)21(15(2)22)13-12-19(23)20-17-6-4-5-7-18(17)24-3/h4-11H,12-13H2,1-3H3,(H,20,23). The number of anilines is 2. The highest BCUT2D eigenvalue weighted by atomic mass is 16.5. The Morgan fingerprint density at radius 3 is 2.38 bits per heavy atom. The Morgan fingerprint density at radius 1 is 1.08 bits per heavy atom. The molecule has 1 N–H and O–H groups in total. The molecule has 0 atom stereocenters. The SMILES string of the molecule is COc1ccccc1NC(=O)CCN(C(C)=O)c1ccc(C)cc1. The molecule has 0 radical (unpaired) electrons. The second-order valence-electron chi connectivity index (χ2n) is 5.50. The molecule has 0 saturated carbocycles. The summed E-state index contributed by atoms with van der Waals surface area (Å²) in [7, 11) is 1.56. The van der Waals surface area contributed by atoms with Gasteiger partial charge in [-0.15, -0.1) is 0 Å². The van der Waals surface area contributed by atoms with Gasteiger partial charge in [0.1, 0.15) is 5.75 Å². The lowest BCUT2D eigenvalue weighted by Gasteiger charge is -2.21. The van der Waals surface area contributed by atoms with Crippen LogP contribution in [0.3, 0.4) is 0 Å². The van der Waals surface area contributed by atoms with E-state index >= 15 is 0 Å². The lowest BCUT2D eigenvalue weighted by molar-refractivity contribution is -0.117. The van der Waals surface area contributed by atoms with Gasteiger partial charge in [-0.25, -0.2) is 0 Å². The number of benzene rings is 2. The first kappa shape index (κ1) is 17.5. The maximum absolute atomic E-state index is 12.2. The third-order valence-corrected chi connectivity index (χ3v) is 3.67. The fourth-order valence-electron chi connectivity index (χ4n) is 2.37. The van der Waals surface area contributed by atoms with E-state index in [9.17, 15) is 9.59 Å². The maximum Gasteiger partial charge on any atom is 0.226 e. The quantitative estimate of drug-likeness (QED) is 0.885. The van der Waals surface area contributed by atoms with Crippen molar-refractivity contribution in [2.45, 2.75) is 20.3 Å². The van der Waals surface area contributed by atoms with Gasteiger partial charge in [-0.2, -0.15) is 0 Å². The number of methoxy groups -OCH3 is 1. The number of nitrogens with zero attached hydrogens (tertiary/aromatic N) is 1. The van der Waals surface area contributed by atoms with Gasteiger partial charge < -0.3 is 15.0 Å². The molecule has 2 rings (SSSR count). The third kappa shape index (κ3) is 4.59. The predicted molar refractivity (Wildman–Crippen MR) is 95.4 cm³/mol. The summed E-state index contributed by atoms with van der Waals surface area (Å²) in [5.74, 6) is 0.342. The summed E-state index contributed by atoms with van der Waals surface area (Å²) in [6.07, 6.45) is 0.200. The van der Waals surface area contributed by atoms with Crippen molar-refractivity contribution in [1.29, 1.82) is 0 Å². The van der Waals surface area contributed by atoms with Gasteiger partial charge in [0.05, 0.1) is 12.8 Å². The maximum atomic E-state index is 12.2. The van der Waals surface area contributed by atoms with Gasteiger partial charge in [0.15, 0.2) is 0 Å². The van der Waals surface area contributed by atoms with E-state index in [-0.39, 0.29) is 18.2 Å². The van der Waals surface area contributed by atoms with E-state index in [2.05, 4.69) is 5.32 Å². The number of hydrogen-bond donors (Lipinski definition) is 1. The van der Waals surface area contributed by atoms with Crippen LogP contribution < -0.4 is 15.0 Å². The molecule has 0 unspecified atom stereocenters. The van der Waals surface area contributed by atoms with E-state index in [1.165, 1.54) is 6.92 Å². The Labute approximate surface area is 142 Å². The number of hydrogen-bond acceptors (Lipinski definition) is 3. The van der Waals surface area contributed by atoms with Crippen molar-refractivity contribution in [3.05, 3.63) is 54.1 Å². The Balaban J connectivity index is 2.00. The monoisotopic (exact) mass is 326 g/mol. The molecule has 24 heavy (non-hydrogen) atoms. The molecule has 0 aromatic heterocycles. The second-order valence-corrected chi connectivity index (χ2v) is 5.50. The first-order valence-corrected chi connectivity index (χ1v) is 7.79. The fourth-order valence-corrected chi connectivity index (χ4v) is 2.37. The number of para-hydroxylation sites is 2. The lowest BCUT2D eigenvalue weighted by Crippen LogP contribution is -2.31. The summed E-state index contributed by atoms with van der Waals surface area (Å²) in [5, 5.41) is 2.81. The zero-order valence-electron chi connectivity index (χ0n) is 14.2. The van der Waals surface area contributed by atoms with E-state index < -0.39 is 0 Å². The normalized spacial score (nSPS) is 10.1. The molecule has 0 aliphatic heterocycles. The minimum Gasteiger partial charge on any atom is -0.495 e. The molecular weight excluding hydrogens is 304 g/mol. The summed E-state index contributed by atoms with van der Waals surface area (Å²) in [6, 6.07) is 14.9. The summed E-state index contributed by atoms with van der Waals surface area (Å²) < 4.78 is 5.21. The molecule has 0 spiro atoms. The Kier molecular flexibility index (Phi) is 5.95. The van der Waals surface area contributed by atoms with Crippen molar-refractivity contribution in [1.82, 2.24) is 0 Å². The van der Waals surface area contributed by atoms with Gasteiger partial charge in [0, 0.05) is 25.6 Å². The highest BCUT2D eigenvalue weighted by Gasteiger charge is 2.14. The molecular formula is C19H22N2O3. The van der Waals surface area contributed by atoms with E-state index in [1.54, 1.807) is 24.1 Å². The third-order valence-electron chi connectivity index (χ3n) is 3.67. The minimum atomic E-state index is -0.169. The van der Waals surface area contributed by atoms with Crippen molar-refractivity contribution in [2.75, 3.05) is 23.9 Å². The summed E-state index contributed by atoms with van der Waals surface area (Å²) >= 11 is 0. The van der Waals surface area contributed by atoms with Crippen molar-refractivity contribution in [3.8, 4) is 5.75 Å². The molecule has 0 saturated heterocycles. The number of amides is 2. The average molecular weight is 326 g/mol. The molecule has 5 nitrogen and oxygen atoms in total. The van der Waals surface area contributed by atoms with Crippen LogP contribution in [-0.4, -0.2) is 25.5 Å². The first-order chi connectivity index (χ1) is 11.5. The Hall–Kier alpha value is -2.82. The van der Waals surface area contributed by atoms with E-state index in [1.807, 2.05) is 43.3 Å². The number of aryl methyl sites for hydroxylation is 1. The smallest absolute Gasteiger partial charge is 0.226 e. The van der Waals surface area contributed by atoms with Gasteiger partial charge in [-0.3, -0.25) is 9.59 Å². The average Bonchev–Trinajstić information content (AvgIpc) is 2.57. The fraction of sp³-hybridized carbons (Fsp3) is 0.263. The van der Waals surface area contributed by atoms with Crippen molar-refractivity contribution in [2.24, 2.45) is 0 Å². The number of nitrogens with one attached hydrogen (secondary N) is 1. The molecule has 0 aliphatic rings. The van der Waals surface area contributed by atoms with Gasteiger partial charge in [0.25, 0.3) is 0 Å². The highest BCUT2D eigenvalue weighted by molar-refractivity contribution is 5.95. The van der Waals surface area contributed by atoms with Crippen LogP contribution >= 0.6 is 0 Å². The second kappa shape index (κ2) is 8.15. The molecule has 0 heterocycles. The lowest BCUT2D eigenvalue weighted by atomic mass is 10.2. The van der Waals surface area contributed by atoms with Gasteiger partial charge in [-0.05, 0) is 31.2 Å². The summed E-state index contributed by atoms with van der Waals surface area (Å²) in [6.45, 7) is 3.81. The summed E-state index contributed by atoms with van der Waals surface area (Å²) in [5.41, 5.74) is 2.53. The van der Waals surface area contributed by atoms with Gasteiger partial charge in [-0.1, -0.05) is 29.8 Å². The van der Waals surface area contributed by atoms with Crippen LogP contribution in [0.1, 0.15) is 18.9 Å². The number of carbonyl (C=O) groups excluding carboxylic acids is 2. The van der Waals surface area contributed by atoms with E-state index in [0.717, 1.165) is 11.3 Å². The van der Waals surface area contributed by atoms with Crippen molar-refractivity contribution < 1.29 is 14.3 Å². The summed E-state index contributed by atoms with van der Waals surface area (Å²) in [4.78, 5) is 25.7. The molecule has 0 fully saturated rings. The Bertz CT molecular complexity index is 711. The van der Waals surface area contributed by atoms with E-state index in [0.29, 0.717) is 18.0 Å². The minimum absolute atomic E-state index is 0.0936. The van der Waals surface area contributed by atoms with Crippen molar-refractivity contribution in [3.63, 3.8) is 0 Å². The zero-order valence-corrected chi connectivity index (χ0v) is 14.2. The molecule has 126 valence electrons. The molecule has 2 amide bonds. The van der Waals surface area contributed by atoms with Crippen LogP contribution in [0.2, 0.25) is 0 Å². The zero-order chi connectivity index (χ0) is 17.5. The van der Waals surface area contributed by atoms with Gasteiger partial charge >= 0.3 is 0 Å². The molecule has 0 bridgehead atoms. The number of ether oxygens (including phenoxy) is 1. The molecule has 0 aliphatic carbocycles. The number of carbonyl (C=O) groups is 2. The molecule has 2 aromatic rings. The van der Waals surface area contributed by atoms with Gasteiger partial charge in [0.2, 0.25) is 11.8 Å². The van der Waals surface area contributed by atoms with E-state index in [4.69, 9.17) is 4.74 Å². The first-order valence-electron chi connectivity index (χ1n) is 7.79. The predicted octanol–water partition coefficient (Wildman–Crippen LogP) is 3.39. The number of rotatable bonds is 6. The van der Waals surface area contributed by atoms with Crippen LogP contribution in [0.25, 0.3) is 0 Å². The van der Waals surface area contributed by atoms with Crippen LogP contribution in [0.4, 0.5) is 11.4 Å². The topological polar surface area (TPSA) is 58.6 Å².